The van der Waals surface area contributed by atoms with Crippen molar-refractivity contribution in [1.82, 2.24) is 20.5 Å². The van der Waals surface area contributed by atoms with Gasteiger partial charge in [0.15, 0.2) is 5.82 Å². The fourth-order valence-corrected chi connectivity index (χ4v) is 4.13. The average molecular weight is 417 g/mol. The number of H-pyrrole nitrogens is 1. The number of fused-ring (bicyclic) bond motifs is 1. The van der Waals surface area contributed by atoms with Crippen molar-refractivity contribution in [3.63, 3.8) is 0 Å². The van der Waals surface area contributed by atoms with Crippen molar-refractivity contribution in [2.24, 2.45) is 0 Å². The molecule has 142 valence electrons. The minimum absolute atomic E-state index is 0.154. The van der Waals surface area contributed by atoms with Crippen molar-refractivity contribution in [3.8, 4) is 17.1 Å². The van der Waals surface area contributed by atoms with Gasteiger partial charge in [0.1, 0.15) is 22.3 Å². The molecular weight excluding hydrogens is 403 g/mol. The highest BCUT2D eigenvalue weighted by Gasteiger charge is 2.18. The third-order valence-corrected chi connectivity index (χ3v) is 5.75. The molecule has 2 heterocycles. The number of amides is 1. The molecule has 28 heavy (non-hydrogen) atoms. The van der Waals surface area contributed by atoms with Crippen molar-refractivity contribution in [2.45, 2.75) is 6.54 Å². The molecule has 0 atom stereocenters. The number of carbonyl (C=O) groups is 1. The summed E-state index contributed by atoms with van der Waals surface area (Å²) >= 11 is 7.42. The normalized spacial score (nSPS) is 11.0. The quantitative estimate of drug-likeness (QED) is 0.504. The number of methoxy groups -OCH3 is 1. The number of aromatic amines is 1. The topological polar surface area (TPSA) is 79.9 Å². The lowest BCUT2D eigenvalue weighted by atomic mass is 10.2. The Morgan fingerprint density at radius 3 is 2.82 bits per heavy atom. The summed E-state index contributed by atoms with van der Waals surface area (Å²) in [6.45, 7) is 0.154. The fraction of sp³-hybridized carbons (Fsp3) is 0.105. The van der Waals surface area contributed by atoms with Crippen molar-refractivity contribution in [1.29, 1.82) is 0 Å². The Balaban J connectivity index is 1.47. The summed E-state index contributed by atoms with van der Waals surface area (Å²) in [5, 5.41) is 10.7. The lowest BCUT2D eigenvalue weighted by Gasteiger charge is -2.01. The van der Waals surface area contributed by atoms with E-state index in [2.05, 4.69) is 20.5 Å². The first kappa shape index (κ1) is 18.4. The molecule has 0 unspecified atom stereocenters. The number of nitrogens with one attached hydrogen (secondary N) is 2. The number of hydrogen-bond acceptors (Lipinski definition) is 5. The average Bonchev–Trinajstić information content (AvgIpc) is 3.31. The Hall–Kier alpha value is -2.97. The number of nitrogens with zero attached hydrogens (tertiary/aromatic N) is 2. The molecule has 0 spiro atoms. The van der Waals surface area contributed by atoms with Crippen LogP contribution < -0.4 is 10.1 Å². The van der Waals surface area contributed by atoms with Crippen molar-refractivity contribution in [2.75, 3.05) is 7.11 Å². The van der Waals surface area contributed by atoms with Gasteiger partial charge in [0.05, 0.1) is 18.7 Å². The molecule has 2 aromatic carbocycles. The second kappa shape index (κ2) is 7.57. The molecule has 0 aliphatic rings. The van der Waals surface area contributed by atoms with E-state index in [0.29, 0.717) is 31.6 Å². The fourth-order valence-electron chi connectivity index (χ4n) is 2.67. The summed E-state index contributed by atoms with van der Waals surface area (Å²) in [4.78, 5) is 17.2. The SMILES string of the molecule is COc1ccc(-c2n[nH]c(CNC(=O)c3sc4cc(F)ccc4c3Cl)n2)cc1. The van der Waals surface area contributed by atoms with Crippen LogP contribution in [0.25, 0.3) is 21.5 Å². The molecule has 0 aliphatic heterocycles. The molecule has 9 heteroatoms. The zero-order valence-electron chi connectivity index (χ0n) is 14.6. The Bertz CT molecular complexity index is 1160. The number of hydrogen-bond donors (Lipinski definition) is 2. The first-order valence-corrected chi connectivity index (χ1v) is 9.46. The number of halogens is 2. The first-order chi connectivity index (χ1) is 13.5. The van der Waals surface area contributed by atoms with Gasteiger partial charge in [-0.1, -0.05) is 11.6 Å². The summed E-state index contributed by atoms with van der Waals surface area (Å²) in [7, 11) is 1.60. The molecule has 4 aromatic rings. The Morgan fingerprint density at radius 2 is 2.07 bits per heavy atom. The molecule has 0 radical (unpaired) electrons. The molecule has 4 rings (SSSR count). The van der Waals surface area contributed by atoms with Gasteiger partial charge in [0.2, 0.25) is 0 Å². The lowest BCUT2D eigenvalue weighted by Crippen LogP contribution is -2.22. The molecule has 2 aromatic heterocycles. The van der Waals surface area contributed by atoms with Gasteiger partial charge >= 0.3 is 0 Å². The van der Waals surface area contributed by atoms with Gasteiger partial charge in [0, 0.05) is 15.6 Å². The predicted molar refractivity (Wildman–Crippen MR) is 106 cm³/mol. The first-order valence-electron chi connectivity index (χ1n) is 8.26. The van der Waals surface area contributed by atoms with Gasteiger partial charge in [-0.15, -0.1) is 11.3 Å². The third-order valence-electron chi connectivity index (χ3n) is 4.09. The van der Waals surface area contributed by atoms with Crippen LogP contribution in [0.4, 0.5) is 4.39 Å². The van der Waals surface area contributed by atoms with E-state index >= 15 is 0 Å². The summed E-state index contributed by atoms with van der Waals surface area (Å²) < 4.78 is 19.1. The smallest absolute Gasteiger partial charge is 0.263 e. The minimum Gasteiger partial charge on any atom is -0.497 e. The van der Waals surface area contributed by atoms with Gasteiger partial charge in [-0.25, -0.2) is 9.37 Å². The van der Waals surface area contributed by atoms with Crippen LogP contribution in [0.3, 0.4) is 0 Å². The highest BCUT2D eigenvalue weighted by atomic mass is 35.5. The molecule has 2 N–H and O–H groups in total. The minimum atomic E-state index is -0.370. The zero-order valence-corrected chi connectivity index (χ0v) is 16.2. The molecular formula is C19H14ClFN4O2S. The van der Waals surface area contributed by atoms with Crippen LogP contribution in [0.15, 0.2) is 42.5 Å². The molecule has 1 amide bonds. The van der Waals surface area contributed by atoms with E-state index in [4.69, 9.17) is 16.3 Å². The van der Waals surface area contributed by atoms with E-state index < -0.39 is 0 Å². The Morgan fingerprint density at radius 1 is 1.29 bits per heavy atom. The maximum absolute atomic E-state index is 13.4. The van der Waals surface area contributed by atoms with Crippen LogP contribution in [0.2, 0.25) is 5.02 Å². The zero-order chi connectivity index (χ0) is 19.7. The van der Waals surface area contributed by atoms with Crippen LogP contribution in [0.5, 0.6) is 5.75 Å². The number of aromatic nitrogens is 3. The Labute approximate surface area is 168 Å². The van der Waals surface area contributed by atoms with E-state index in [0.717, 1.165) is 22.6 Å². The number of thiophene rings is 1. The standard InChI is InChI=1S/C19H14ClFN4O2S/c1-27-12-5-2-10(3-6-12)18-23-15(24-25-18)9-22-19(26)17-16(20)13-7-4-11(21)8-14(13)28-17/h2-8H,9H2,1H3,(H,22,26)(H,23,24,25). The monoisotopic (exact) mass is 416 g/mol. The molecule has 0 fully saturated rings. The van der Waals surface area contributed by atoms with Crippen LogP contribution in [-0.2, 0) is 6.54 Å². The van der Waals surface area contributed by atoms with Gasteiger partial charge in [-0.05, 0) is 42.5 Å². The Kier molecular flexibility index (Phi) is 4.97. The summed E-state index contributed by atoms with van der Waals surface area (Å²) in [6.07, 6.45) is 0. The summed E-state index contributed by atoms with van der Waals surface area (Å²) in [5.41, 5.74) is 0.823. The number of benzene rings is 2. The van der Waals surface area contributed by atoms with Gasteiger partial charge in [0.25, 0.3) is 5.91 Å². The van der Waals surface area contributed by atoms with E-state index in [1.165, 1.54) is 12.1 Å². The summed E-state index contributed by atoms with van der Waals surface area (Å²) in [6, 6.07) is 11.6. The molecule has 0 aliphatic carbocycles. The second-order valence-corrected chi connectivity index (χ2v) is 7.33. The van der Waals surface area contributed by atoms with Crippen LogP contribution in [0.1, 0.15) is 15.5 Å². The van der Waals surface area contributed by atoms with Gasteiger partial charge in [-0.2, -0.15) is 5.10 Å². The number of carbonyl (C=O) groups excluding carboxylic acids is 1. The van der Waals surface area contributed by atoms with Crippen molar-refractivity contribution in [3.05, 3.63) is 64.0 Å². The van der Waals surface area contributed by atoms with Gasteiger partial charge < -0.3 is 10.1 Å². The summed E-state index contributed by atoms with van der Waals surface area (Å²) in [5.74, 6) is 1.04. The molecule has 0 bridgehead atoms. The highest BCUT2D eigenvalue weighted by molar-refractivity contribution is 7.21. The third kappa shape index (κ3) is 3.56. The largest absolute Gasteiger partial charge is 0.497 e. The maximum Gasteiger partial charge on any atom is 0.263 e. The van der Waals surface area contributed by atoms with E-state index in [-0.39, 0.29) is 18.3 Å². The molecule has 0 saturated carbocycles. The van der Waals surface area contributed by atoms with Crippen LogP contribution in [0, 0.1) is 5.82 Å². The lowest BCUT2D eigenvalue weighted by molar-refractivity contribution is 0.0954. The molecule has 0 saturated heterocycles. The van der Waals surface area contributed by atoms with Crippen LogP contribution >= 0.6 is 22.9 Å². The predicted octanol–water partition coefficient (Wildman–Crippen LogP) is 4.42. The van der Waals surface area contributed by atoms with Gasteiger partial charge in [-0.3, -0.25) is 9.89 Å². The maximum atomic E-state index is 13.4. The second-order valence-electron chi connectivity index (χ2n) is 5.90. The number of ether oxygens (including phenoxy) is 1. The van der Waals surface area contributed by atoms with E-state index in [9.17, 15) is 9.18 Å². The highest BCUT2D eigenvalue weighted by Crippen LogP contribution is 2.35. The van der Waals surface area contributed by atoms with Crippen molar-refractivity contribution < 1.29 is 13.9 Å². The number of rotatable bonds is 5. The van der Waals surface area contributed by atoms with E-state index in [1.807, 2.05) is 24.3 Å². The molecule has 6 nitrogen and oxygen atoms in total. The van der Waals surface area contributed by atoms with E-state index in [1.54, 1.807) is 13.2 Å². The van der Waals surface area contributed by atoms with Crippen LogP contribution in [-0.4, -0.2) is 28.2 Å². The van der Waals surface area contributed by atoms with Crippen molar-refractivity contribution >= 4 is 38.9 Å².